The van der Waals surface area contributed by atoms with Gasteiger partial charge in [-0.05, 0) is 76.9 Å². The molecule has 0 aliphatic heterocycles. The molecular formula is C19H29BP+. The van der Waals surface area contributed by atoms with Crippen molar-refractivity contribution in [3.63, 3.8) is 0 Å². The molecule has 2 radical (unpaired) electrons. The van der Waals surface area contributed by atoms with Gasteiger partial charge in [0, 0.05) is 5.92 Å². The average Bonchev–Trinajstić information content (AvgIpc) is 3.19. The molecule has 4 aliphatic carbocycles. The van der Waals surface area contributed by atoms with Gasteiger partial charge >= 0.3 is 7.57 Å². The quantitative estimate of drug-likeness (QED) is 0.349. The molecule has 112 valence electrons. The largest absolute Gasteiger partial charge is 0.371 e. The van der Waals surface area contributed by atoms with Gasteiger partial charge in [-0.3, -0.25) is 0 Å². The van der Waals surface area contributed by atoms with Crippen molar-refractivity contribution in [1.82, 2.24) is 0 Å². The van der Waals surface area contributed by atoms with Crippen molar-refractivity contribution in [2.24, 2.45) is 11.8 Å². The minimum absolute atomic E-state index is 0.734. The Bertz CT molecular complexity index is 422. The molecule has 21 heavy (non-hydrogen) atoms. The van der Waals surface area contributed by atoms with Crippen LogP contribution >= 0.6 is 7.14 Å². The summed E-state index contributed by atoms with van der Waals surface area (Å²) >= 11 is 0. The van der Waals surface area contributed by atoms with Gasteiger partial charge in [0.25, 0.3) is 0 Å². The second kappa shape index (κ2) is 5.88. The Kier molecular flexibility index (Phi) is 4.08. The first kappa shape index (κ1) is 14.6. The van der Waals surface area contributed by atoms with Crippen molar-refractivity contribution in [2.45, 2.75) is 81.9 Å². The summed E-state index contributed by atoms with van der Waals surface area (Å²) in [6.45, 7) is 0. The van der Waals surface area contributed by atoms with E-state index in [9.17, 15) is 0 Å². The van der Waals surface area contributed by atoms with Crippen LogP contribution in [0.3, 0.4) is 0 Å². The molecule has 2 heteroatoms. The lowest BCUT2D eigenvalue weighted by Crippen LogP contribution is -2.30. The van der Waals surface area contributed by atoms with Gasteiger partial charge in [0.05, 0.1) is 16.6 Å². The zero-order valence-electron chi connectivity index (χ0n) is 13.3. The normalized spacial score (nSPS) is 34.4. The van der Waals surface area contributed by atoms with Gasteiger partial charge in [-0.2, -0.15) is 0 Å². The molecule has 0 aromatic carbocycles. The third-order valence-electron chi connectivity index (χ3n) is 6.69. The lowest BCUT2D eigenvalue weighted by Gasteiger charge is -2.43. The second-order valence-corrected chi connectivity index (χ2v) is 11.5. The summed E-state index contributed by atoms with van der Waals surface area (Å²) in [6, 6.07) is 0. The van der Waals surface area contributed by atoms with E-state index in [0.717, 1.165) is 23.2 Å². The van der Waals surface area contributed by atoms with Crippen molar-refractivity contribution < 1.29 is 0 Å². The average molecular weight is 299 g/mol. The van der Waals surface area contributed by atoms with Crippen molar-refractivity contribution in [2.75, 3.05) is 0 Å². The monoisotopic (exact) mass is 299 g/mol. The first-order valence-corrected chi connectivity index (χ1v) is 11.4. The number of rotatable bonds is 3. The van der Waals surface area contributed by atoms with Gasteiger partial charge in [-0.25, -0.2) is 0 Å². The fourth-order valence-electron chi connectivity index (χ4n) is 5.57. The molecule has 4 aliphatic rings. The second-order valence-electron chi connectivity index (χ2n) is 7.90. The molecule has 2 saturated carbocycles. The van der Waals surface area contributed by atoms with Gasteiger partial charge in [-0.1, -0.05) is 25.0 Å². The molecule has 4 rings (SSSR count). The van der Waals surface area contributed by atoms with Crippen molar-refractivity contribution >= 4 is 14.7 Å². The lowest BCUT2D eigenvalue weighted by atomic mass is 9.99. The molecule has 2 unspecified atom stereocenters. The standard InChI is InChI=1S/C19H29BP/c20-21(17-7-3-1-4-8-17,18-9-5-2-6-10-18)19-14-15-11-12-16(19)13-15/h11-12,14-18H,1-10,13H2/q+1. The highest BCUT2D eigenvalue weighted by molar-refractivity contribution is 8.01. The van der Waals surface area contributed by atoms with E-state index in [-0.39, 0.29) is 0 Å². The van der Waals surface area contributed by atoms with Crippen LogP contribution in [0.5, 0.6) is 0 Å². The topological polar surface area (TPSA) is 0 Å². The first-order chi connectivity index (χ1) is 10.3. The molecule has 0 aromatic rings. The molecule has 0 aromatic heterocycles. The Balaban J connectivity index is 1.65. The predicted octanol–water partition coefficient (Wildman–Crippen LogP) is 5.84. The zero-order chi connectivity index (χ0) is 14.3. The SMILES string of the molecule is [B][P+](C1=CC2C=CC1C2)(C1CCCCC1)C1CCCCC1. The highest BCUT2D eigenvalue weighted by Crippen LogP contribution is 2.77. The summed E-state index contributed by atoms with van der Waals surface area (Å²) in [5, 5.41) is 1.77. The van der Waals surface area contributed by atoms with Crippen molar-refractivity contribution in [1.29, 1.82) is 0 Å². The number of hydrogen-bond acceptors (Lipinski definition) is 0. The van der Waals surface area contributed by atoms with Crippen molar-refractivity contribution in [3.8, 4) is 0 Å². The summed E-state index contributed by atoms with van der Waals surface area (Å²) < 4.78 is 0. The molecule has 0 spiro atoms. The van der Waals surface area contributed by atoms with Crippen LogP contribution in [0.15, 0.2) is 23.5 Å². The first-order valence-electron chi connectivity index (χ1n) is 9.36. The molecule has 2 atom stereocenters. The third kappa shape index (κ3) is 2.48. The minimum atomic E-state index is -1.40. The van der Waals surface area contributed by atoms with Crippen LogP contribution in [0, 0.1) is 11.8 Å². The predicted molar refractivity (Wildman–Crippen MR) is 95.2 cm³/mol. The molecular weight excluding hydrogens is 270 g/mol. The lowest BCUT2D eigenvalue weighted by molar-refractivity contribution is 0.483. The molecule has 0 saturated heterocycles. The van der Waals surface area contributed by atoms with E-state index >= 15 is 0 Å². The Labute approximate surface area is 132 Å². The maximum atomic E-state index is 7.45. The smallest absolute Gasteiger partial charge is 0.0807 e. The summed E-state index contributed by atoms with van der Waals surface area (Å²) in [7, 11) is 6.05. The van der Waals surface area contributed by atoms with E-state index in [2.05, 4.69) is 18.2 Å². The van der Waals surface area contributed by atoms with Gasteiger partial charge in [-0.15, -0.1) is 0 Å². The fourth-order valence-corrected chi connectivity index (χ4v) is 10.7. The van der Waals surface area contributed by atoms with Crippen LogP contribution in [0.1, 0.15) is 70.6 Å². The minimum Gasteiger partial charge on any atom is -0.0807 e. The Morgan fingerprint density at radius 2 is 1.38 bits per heavy atom. The van der Waals surface area contributed by atoms with Gasteiger partial charge in [0.1, 0.15) is 0 Å². The Hall–Kier alpha value is -0.0251. The van der Waals surface area contributed by atoms with E-state index in [4.69, 9.17) is 7.57 Å². The Morgan fingerprint density at radius 3 is 1.81 bits per heavy atom. The van der Waals surface area contributed by atoms with Crippen LogP contribution in [-0.4, -0.2) is 18.9 Å². The molecule has 0 nitrogen and oxygen atoms in total. The molecule has 0 amide bonds. The Morgan fingerprint density at radius 1 is 0.810 bits per heavy atom. The summed E-state index contributed by atoms with van der Waals surface area (Å²) in [5.74, 6) is 1.47. The van der Waals surface area contributed by atoms with Gasteiger partial charge in [0.2, 0.25) is 0 Å². The molecule has 2 bridgehead atoms. The highest BCUT2D eigenvalue weighted by atomic mass is 31.2. The van der Waals surface area contributed by atoms with Crippen LogP contribution in [-0.2, 0) is 0 Å². The maximum Gasteiger partial charge on any atom is 0.371 e. The van der Waals surface area contributed by atoms with Crippen molar-refractivity contribution in [3.05, 3.63) is 23.5 Å². The van der Waals surface area contributed by atoms with E-state index in [1.54, 1.807) is 5.31 Å². The number of fused-ring (bicyclic) bond motifs is 2. The van der Waals surface area contributed by atoms with Crippen LogP contribution < -0.4 is 0 Å². The van der Waals surface area contributed by atoms with E-state index < -0.39 is 7.14 Å². The number of hydrogen-bond donors (Lipinski definition) is 0. The summed E-state index contributed by atoms with van der Waals surface area (Å²) in [4.78, 5) is 0. The fraction of sp³-hybridized carbons (Fsp3) is 0.789. The van der Waals surface area contributed by atoms with Gasteiger partial charge in [0.15, 0.2) is 0 Å². The molecule has 0 heterocycles. The van der Waals surface area contributed by atoms with Crippen LogP contribution in [0.25, 0.3) is 0 Å². The van der Waals surface area contributed by atoms with Crippen LogP contribution in [0.2, 0.25) is 0 Å². The summed E-state index contributed by atoms with van der Waals surface area (Å²) in [6.07, 6.45) is 23.3. The maximum absolute atomic E-state index is 7.45. The van der Waals surface area contributed by atoms with E-state index in [1.165, 1.54) is 70.6 Å². The number of allylic oxidation sites excluding steroid dienone is 4. The van der Waals surface area contributed by atoms with Gasteiger partial charge < -0.3 is 0 Å². The molecule has 0 N–H and O–H groups in total. The van der Waals surface area contributed by atoms with E-state index in [0.29, 0.717) is 0 Å². The summed E-state index contributed by atoms with van der Waals surface area (Å²) in [5.41, 5.74) is 1.74. The highest BCUT2D eigenvalue weighted by Gasteiger charge is 2.54. The molecule has 2 fully saturated rings. The van der Waals surface area contributed by atoms with E-state index in [1.807, 2.05) is 0 Å². The third-order valence-corrected chi connectivity index (χ3v) is 11.5. The van der Waals surface area contributed by atoms with Crippen LogP contribution in [0.4, 0.5) is 0 Å². The zero-order valence-corrected chi connectivity index (χ0v) is 14.2.